The van der Waals surface area contributed by atoms with Gasteiger partial charge in [-0.2, -0.15) is 5.10 Å². The van der Waals surface area contributed by atoms with E-state index >= 15 is 0 Å². The van der Waals surface area contributed by atoms with E-state index in [0.29, 0.717) is 17.8 Å². The van der Waals surface area contributed by atoms with Crippen molar-refractivity contribution in [3.05, 3.63) is 56.8 Å². The molecule has 0 fully saturated rings. The monoisotopic (exact) mass is 412 g/mol. The summed E-state index contributed by atoms with van der Waals surface area (Å²) in [5.74, 6) is -0.530. The van der Waals surface area contributed by atoms with Gasteiger partial charge in [0, 0.05) is 30.0 Å². The molecule has 0 bridgehead atoms. The van der Waals surface area contributed by atoms with E-state index in [0.717, 1.165) is 29.4 Å². The predicted molar refractivity (Wildman–Crippen MR) is 112 cm³/mol. The lowest BCUT2D eigenvalue weighted by atomic mass is 10.1. The van der Waals surface area contributed by atoms with Gasteiger partial charge in [-0.1, -0.05) is 17.4 Å². The van der Waals surface area contributed by atoms with E-state index in [2.05, 4.69) is 32.9 Å². The number of nitrogens with zero attached hydrogens (tertiary/aromatic N) is 4. The van der Waals surface area contributed by atoms with Gasteiger partial charge in [0.05, 0.1) is 5.69 Å². The van der Waals surface area contributed by atoms with Gasteiger partial charge in [0.15, 0.2) is 0 Å². The van der Waals surface area contributed by atoms with E-state index in [-0.39, 0.29) is 16.8 Å². The van der Waals surface area contributed by atoms with Gasteiger partial charge in [-0.25, -0.2) is 0 Å². The number of hydrogen-bond donors (Lipinski definition) is 2. The molecule has 0 atom stereocenters. The van der Waals surface area contributed by atoms with Crippen molar-refractivity contribution in [2.24, 2.45) is 0 Å². The van der Waals surface area contributed by atoms with Gasteiger partial charge >= 0.3 is 0 Å². The minimum Gasteiger partial charge on any atom is -0.352 e. The van der Waals surface area contributed by atoms with Crippen LogP contribution in [0, 0.1) is 20.8 Å². The molecule has 0 aliphatic carbocycles. The summed E-state index contributed by atoms with van der Waals surface area (Å²) in [7, 11) is 0. The second-order valence-electron chi connectivity index (χ2n) is 6.63. The summed E-state index contributed by atoms with van der Waals surface area (Å²) < 4.78 is 1.97. The lowest BCUT2D eigenvalue weighted by Crippen LogP contribution is -2.26. The van der Waals surface area contributed by atoms with Crippen LogP contribution in [0.1, 0.15) is 49.0 Å². The van der Waals surface area contributed by atoms with Gasteiger partial charge < -0.3 is 10.6 Å². The Morgan fingerprint density at radius 2 is 1.93 bits per heavy atom. The molecule has 8 nitrogen and oxygen atoms in total. The van der Waals surface area contributed by atoms with Gasteiger partial charge in [0.1, 0.15) is 5.01 Å². The van der Waals surface area contributed by atoms with E-state index in [1.165, 1.54) is 16.9 Å². The number of aryl methyl sites for hydroxylation is 3. The Labute approximate surface area is 173 Å². The maximum absolute atomic E-state index is 12.5. The van der Waals surface area contributed by atoms with E-state index in [4.69, 9.17) is 0 Å². The number of carbonyl (C=O) groups is 2. The van der Waals surface area contributed by atoms with Gasteiger partial charge in [-0.15, -0.1) is 10.2 Å². The zero-order valence-electron chi connectivity index (χ0n) is 16.9. The highest BCUT2D eigenvalue weighted by atomic mass is 32.1. The summed E-state index contributed by atoms with van der Waals surface area (Å²) in [5.41, 5.74) is 4.31. The van der Waals surface area contributed by atoms with Gasteiger partial charge in [0.25, 0.3) is 11.8 Å². The average molecular weight is 413 g/mol. The molecule has 2 heterocycles. The van der Waals surface area contributed by atoms with Crippen molar-refractivity contribution < 1.29 is 9.59 Å². The third-order valence-electron chi connectivity index (χ3n) is 4.59. The van der Waals surface area contributed by atoms with Crippen LogP contribution in [-0.2, 0) is 13.0 Å². The van der Waals surface area contributed by atoms with Crippen LogP contribution in [0.3, 0.4) is 0 Å². The fourth-order valence-corrected chi connectivity index (χ4v) is 3.70. The highest BCUT2D eigenvalue weighted by Crippen LogP contribution is 2.15. The molecule has 1 aromatic carbocycles. The predicted octanol–water partition coefficient (Wildman–Crippen LogP) is 2.90. The zero-order chi connectivity index (χ0) is 21.0. The molecular formula is C20H24N6O2S. The van der Waals surface area contributed by atoms with Crippen LogP contribution in [0.4, 0.5) is 5.69 Å². The van der Waals surface area contributed by atoms with Crippen molar-refractivity contribution in [2.45, 2.75) is 40.7 Å². The normalized spacial score (nSPS) is 10.8. The molecular weight excluding hydrogens is 388 g/mol. The van der Waals surface area contributed by atoms with Crippen molar-refractivity contribution >= 4 is 28.8 Å². The number of benzene rings is 1. The first-order valence-corrected chi connectivity index (χ1v) is 10.2. The summed E-state index contributed by atoms with van der Waals surface area (Å²) >= 11 is 1.22. The Balaban J connectivity index is 1.59. The van der Waals surface area contributed by atoms with Gasteiger partial charge in [0.2, 0.25) is 5.01 Å². The Morgan fingerprint density at radius 3 is 2.59 bits per heavy atom. The fourth-order valence-electron chi connectivity index (χ4n) is 3.12. The lowest BCUT2D eigenvalue weighted by molar-refractivity contribution is 0.0952. The van der Waals surface area contributed by atoms with Crippen molar-refractivity contribution in [1.82, 2.24) is 25.3 Å². The molecule has 0 radical (unpaired) electrons. The van der Waals surface area contributed by atoms with Crippen LogP contribution >= 0.6 is 11.3 Å². The first kappa shape index (κ1) is 20.7. The maximum atomic E-state index is 12.5. The Morgan fingerprint density at radius 1 is 1.14 bits per heavy atom. The molecule has 9 heteroatoms. The van der Waals surface area contributed by atoms with Crippen LogP contribution in [0.2, 0.25) is 0 Å². The molecule has 0 aliphatic heterocycles. The first-order chi connectivity index (χ1) is 13.9. The molecule has 3 aromatic rings. The van der Waals surface area contributed by atoms with E-state index < -0.39 is 0 Å². The van der Waals surface area contributed by atoms with E-state index in [9.17, 15) is 9.59 Å². The number of rotatable bonds is 7. The molecule has 2 aromatic heterocycles. The molecule has 3 rings (SSSR count). The topological polar surface area (TPSA) is 102 Å². The third-order valence-corrected chi connectivity index (χ3v) is 5.43. The Bertz CT molecular complexity index is 1040. The molecule has 0 saturated heterocycles. The van der Waals surface area contributed by atoms with Crippen LogP contribution < -0.4 is 10.6 Å². The second kappa shape index (κ2) is 8.95. The Hall–Kier alpha value is -3.07. The molecule has 2 N–H and O–H groups in total. The minimum atomic E-state index is -0.341. The average Bonchev–Trinajstić information content (AvgIpc) is 3.26. The summed E-state index contributed by atoms with van der Waals surface area (Å²) in [6, 6.07) is 6.82. The molecule has 29 heavy (non-hydrogen) atoms. The SMILES string of the molecule is CCn1nc(C)c(CCNC(=O)c2cccc(NC(=O)c3nnc(C)s3)c2)c1C. The highest BCUT2D eigenvalue weighted by Gasteiger charge is 2.14. The number of aromatic nitrogens is 4. The number of nitrogens with one attached hydrogen (secondary N) is 2. The summed E-state index contributed by atoms with van der Waals surface area (Å²) in [6.07, 6.45) is 0.718. The fraction of sp³-hybridized carbons (Fsp3) is 0.350. The molecule has 0 saturated carbocycles. The van der Waals surface area contributed by atoms with Crippen molar-refractivity contribution in [1.29, 1.82) is 0 Å². The van der Waals surface area contributed by atoms with E-state index in [1.54, 1.807) is 31.2 Å². The number of anilines is 1. The molecule has 152 valence electrons. The zero-order valence-corrected chi connectivity index (χ0v) is 17.8. The molecule has 0 spiro atoms. The number of carbonyl (C=O) groups excluding carboxylic acids is 2. The number of amides is 2. The van der Waals surface area contributed by atoms with Crippen LogP contribution in [0.15, 0.2) is 24.3 Å². The van der Waals surface area contributed by atoms with Crippen LogP contribution in [0.25, 0.3) is 0 Å². The smallest absolute Gasteiger partial charge is 0.286 e. The minimum absolute atomic E-state index is 0.189. The summed E-state index contributed by atoms with van der Waals surface area (Å²) in [4.78, 5) is 24.7. The molecule has 0 unspecified atom stereocenters. The second-order valence-corrected chi connectivity index (χ2v) is 7.81. The quantitative estimate of drug-likeness (QED) is 0.621. The van der Waals surface area contributed by atoms with Crippen molar-refractivity contribution in [3.8, 4) is 0 Å². The first-order valence-electron chi connectivity index (χ1n) is 9.41. The molecule has 0 aliphatic rings. The summed E-state index contributed by atoms with van der Waals surface area (Å²) in [6.45, 7) is 9.22. The van der Waals surface area contributed by atoms with Crippen molar-refractivity contribution in [3.63, 3.8) is 0 Å². The summed E-state index contributed by atoms with van der Waals surface area (Å²) in [5, 5.41) is 18.9. The third kappa shape index (κ3) is 4.86. The van der Waals surface area contributed by atoms with Crippen molar-refractivity contribution in [2.75, 3.05) is 11.9 Å². The van der Waals surface area contributed by atoms with Gasteiger partial charge in [-0.05, 0) is 57.9 Å². The Kier molecular flexibility index (Phi) is 6.38. The largest absolute Gasteiger partial charge is 0.352 e. The van der Waals surface area contributed by atoms with Crippen LogP contribution in [-0.4, -0.2) is 38.3 Å². The molecule has 2 amide bonds. The van der Waals surface area contributed by atoms with Gasteiger partial charge in [-0.3, -0.25) is 14.3 Å². The maximum Gasteiger partial charge on any atom is 0.286 e. The van der Waals surface area contributed by atoms with E-state index in [1.807, 2.05) is 18.5 Å². The highest BCUT2D eigenvalue weighted by molar-refractivity contribution is 7.13. The standard InChI is InChI=1S/C20H24N6O2S/c1-5-26-13(3)17(12(2)25-26)9-10-21-18(27)15-7-6-8-16(11-15)22-19(28)20-24-23-14(4)29-20/h6-8,11H,5,9-10H2,1-4H3,(H,21,27)(H,22,28). The lowest BCUT2D eigenvalue weighted by Gasteiger charge is -2.08. The number of hydrogen-bond acceptors (Lipinski definition) is 6. The van der Waals surface area contributed by atoms with Crippen LogP contribution in [0.5, 0.6) is 0 Å².